The van der Waals surface area contributed by atoms with Gasteiger partial charge < -0.3 is 9.32 Å². The van der Waals surface area contributed by atoms with Crippen LogP contribution in [0, 0.1) is 27.7 Å². The average molecular weight is 271 g/mol. The highest BCUT2D eigenvalue weighted by Crippen LogP contribution is 2.25. The van der Waals surface area contributed by atoms with Gasteiger partial charge in [-0.05, 0) is 57.9 Å². The molecule has 0 aliphatic rings. The number of hydrogen-bond acceptors (Lipinski definition) is 2. The number of anilines is 1. The van der Waals surface area contributed by atoms with Gasteiger partial charge >= 0.3 is 0 Å². The first-order valence-electron chi connectivity index (χ1n) is 6.90. The van der Waals surface area contributed by atoms with Gasteiger partial charge in [0.2, 0.25) is 0 Å². The van der Waals surface area contributed by atoms with Crippen molar-refractivity contribution in [3.8, 4) is 0 Å². The fourth-order valence-electron chi connectivity index (χ4n) is 2.42. The molecule has 0 unspecified atom stereocenters. The van der Waals surface area contributed by atoms with Gasteiger partial charge in [0.15, 0.2) is 0 Å². The number of benzene rings is 1. The van der Waals surface area contributed by atoms with Crippen LogP contribution in [0.5, 0.6) is 0 Å². The van der Waals surface area contributed by atoms with E-state index < -0.39 is 0 Å². The van der Waals surface area contributed by atoms with Crippen molar-refractivity contribution in [1.82, 2.24) is 0 Å². The van der Waals surface area contributed by atoms with E-state index in [0.29, 0.717) is 17.9 Å². The molecule has 1 heterocycles. The summed E-state index contributed by atoms with van der Waals surface area (Å²) in [6.07, 6.45) is 0. The minimum absolute atomic E-state index is 0.00412. The third kappa shape index (κ3) is 2.62. The van der Waals surface area contributed by atoms with Crippen LogP contribution in [-0.2, 0) is 0 Å². The lowest BCUT2D eigenvalue weighted by molar-refractivity contribution is 0.0986. The van der Waals surface area contributed by atoms with Gasteiger partial charge in [0, 0.05) is 12.2 Å². The lowest BCUT2D eigenvalue weighted by atomic mass is 10.1. The minimum atomic E-state index is -0.00412. The summed E-state index contributed by atoms with van der Waals surface area (Å²) in [5.41, 5.74) is 3.86. The molecule has 0 bridgehead atoms. The van der Waals surface area contributed by atoms with Crippen molar-refractivity contribution in [2.75, 3.05) is 11.4 Å². The molecule has 2 aromatic rings. The summed E-state index contributed by atoms with van der Waals surface area (Å²) in [7, 11) is 0. The lowest BCUT2D eigenvalue weighted by Gasteiger charge is -2.23. The molecule has 1 aromatic heterocycles. The zero-order valence-corrected chi connectivity index (χ0v) is 12.8. The molecule has 3 nitrogen and oxygen atoms in total. The highest BCUT2D eigenvalue weighted by atomic mass is 16.3. The van der Waals surface area contributed by atoms with E-state index in [2.05, 4.69) is 12.1 Å². The van der Waals surface area contributed by atoms with Crippen molar-refractivity contribution >= 4 is 11.6 Å². The molecular weight excluding hydrogens is 250 g/mol. The molecule has 1 aromatic carbocycles. The Kier molecular flexibility index (Phi) is 3.98. The first kappa shape index (κ1) is 14.4. The van der Waals surface area contributed by atoms with E-state index in [4.69, 9.17) is 4.42 Å². The number of aryl methyl sites for hydroxylation is 4. The summed E-state index contributed by atoms with van der Waals surface area (Å²) < 4.78 is 5.47. The van der Waals surface area contributed by atoms with Gasteiger partial charge in [0.25, 0.3) is 5.91 Å². The van der Waals surface area contributed by atoms with Gasteiger partial charge in [-0.15, -0.1) is 0 Å². The van der Waals surface area contributed by atoms with Gasteiger partial charge in [-0.25, -0.2) is 0 Å². The summed E-state index contributed by atoms with van der Waals surface area (Å²) in [5.74, 6) is 1.44. The molecule has 0 aliphatic carbocycles. The van der Waals surface area contributed by atoms with Gasteiger partial charge in [0.05, 0.1) is 5.56 Å². The maximum Gasteiger partial charge on any atom is 0.261 e. The first-order valence-corrected chi connectivity index (χ1v) is 6.90. The van der Waals surface area contributed by atoms with Gasteiger partial charge in [-0.1, -0.05) is 12.1 Å². The number of furan rings is 1. The van der Waals surface area contributed by atoms with Crippen molar-refractivity contribution in [3.05, 3.63) is 52.5 Å². The van der Waals surface area contributed by atoms with Crippen molar-refractivity contribution in [1.29, 1.82) is 0 Å². The first-order chi connectivity index (χ1) is 9.43. The van der Waals surface area contributed by atoms with Crippen LogP contribution in [0.15, 0.2) is 28.7 Å². The largest absolute Gasteiger partial charge is 0.466 e. The quantitative estimate of drug-likeness (QED) is 0.839. The molecular formula is C17H21NO2. The number of nitrogens with zero attached hydrogens (tertiary/aromatic N) is 1. The molecule has 0 saturated heterocycles. The maximum absolute atomic E-state index is 12.7. The van der Waals surface area contributed by atoms with Gasteiger partial charge in [0.1, 0.15) is 11.5 Å². The molecule has 1 amide bonds. The topological polar surface area (TPSA) is 33.5 Å². The monoisotopic (exact) mass is 271 g/mol. The SMILES string of the molecule is CCN(C(=O)c1cc(C)oc1C)c1cc(C)ccc1C. The Morgan fingerprint density at radius 2 is 1.85 bits per heavy atom. The second-order valence-electron chi connectivity index (χ2n) is 5.17. The highest BCUT2D eigenvalue weighted by Gasteiger charge is 2.21. The van der Waals surface area contributed by atoms with E-state index in [1.54, 1.807) is 4.90 Å². The van der Waals surface area contributed by atoms with Crippen LogP contribution in [0.1, 0.15) is 39.9 Å². The van der Waals surface area contributed by atoms with Crippen molar-refractivity contribution < 1.29 is 9.21 Å². The minimum Gasteiger partial charge on any atom is -0.466 e. The van der Waals surface area contributed by atoms with Crippen molar-refractivity contribution in [2.45, 2.75) is 34.6 Å². The van der Waals surface area contributed by atoms with E-state index in [9.17, 15) is 4.79 Å². The van der Waals surface area contributed by atoms with Crippen LogP contribution in [0.3, 0.4) is 0 Å². The Labute approximate surface area is 120 Å². The van der Waals surface area contributed by atoms with E-state index >= 15 is 0 Å². The lowest BCUT2D eigenvalue weighted by Crippen LogP contribution is -2.31. The summed E-state index contributed by atoms with van der Waals surface area (Å²) in [6.45, 7) is 10.4. The standard InChI is InChI=1S/C17H21NO2/c1-6-18(16-9-11(2)7-8-12(16)3)17(19)15-10-13(4)20-14(15)5/h7-10H,6H2,1-5H3. The predicted octanol–water partition coefficient (Wildman–Crippen LogP) is 4.18. The average Bonchev–Trinajstić information content (AvgIpc) is 2.73. The smallest absolute Gasteiger partial charge is 0.261 e. The van der Waals surface area contributed by atoms with Crippen LogP contribution in [0.25, 0.3) is 0 Å². The van der Waals surface area contributed by atoms with E-state index in [1.165, 1.54) is 0 Å². The molecule has 20 heavy (non-hydrogen) atoms. The Balaban J connectivity index is 2.44. The van der Waals surface area contributed by atoms with Crippen LogP contribution in [-0.4, -0.2) is 12.5 Å². The Bertz CT molecular complexity index is 640. The number of rotatable bonds is 3. The molecule has 0 N–H and O–H groups in total. The number of amides is 1. The maximum atomic E-state index is 12.7. The van der Waals surface area contributed by atoms with Gasteiger partial charge in [-0.2, -0.15) is 0 Å². The second kappa shape index (κ2) is 5.53. The number of carbonyl (C=O) groups is 1. The molecule has 2 rings (SSSR count). The van der Waals surface area contributed by atoms with E-state index in [0.717, 1.165) is 22.6 Å². The van der Waals surface area contributed by atoms with Crippen LogP contribution in [0.2, 0.25) is 0 Å². The summed E-state index contributed by atoms with van der Waals surface area (Å²) in [4.78, 5) is 14.5. The molecule has 0 aliphatic heterocycles. The molecule has 0 atom stereocenters. The molecule has 0 fully saturated rings. The predicted molar refractivity (Wildman–Crippen MR) is 81.4 cm³/mol. The Morgan fingerprint density at radius 3 is 2.40 bits per heavy atom. The second-order valence-corrected chi connectivity index (χ2v) is 5.17. The fraction of sp³-hybridized carbons (Fsp3) is 0.353. The normalized spacial score (nSPS) is 10.7. The summed E-state index contributed by atoms with van der Waals surface area (Å²) >= 11 is 0. The molecule has 0 radical (unpaired) electrons. The summed E-state index contributed by atoms with van der Waals surface area (Å²) in [5, 5.41) is 0. The third-order valence-electron chi connectivity index (χ3n) is 3.49. The zero-order chi connectivity index (χ0) is 14.9. The molecule has 3 heteroatoms. The van der Waals surface area contributed by atoms with Gasteiger partial charge in [-0.3, -0.25) is 4.79 Å². The van der Waals surface area contributed by atoms with E-state index in [-0.39, 0.29) is 5.91 Å². The molecule has 106 valence electrons. The van der Waals surface area contributed by atoms with Crippen LogP contribution < -0.4 is 4.90 Å². The number of hydrogen-bond donors (Lipinski definition) is 0. The molecule has 0 spiro atoms. The highest BCUT2D eigenvalue weighted by molar-refractivity contribution is 6.07. The summed E-state index contributed by atoms with van der Waals surface area (Å²) in [6, 6.07) is 7.98. The van der Waals surface area contributed by atoms with Crippen LogP contribution >= 0.6 is 0 Å². The Hall–Kier alpha value is -2.03. The zero-order valence-electron chi connectivity index (χ0n) is 12.8. The third-order valence-corrected chi connectivity index (χ3v) is 3.49. The molecule has 0 saturated carbocycles. The Morgan fingerprint density at radius 1 is 1.15 bits per heavy atom. The van der Waals surface area contributed by atoms with Crippen LogP contribution in [0.4, 0.5) is 5.69 Å². The fourth-order valence-corrected chi connectivity index (χ4v) is 2.42. The van der Waals surface area contributed by atoms with Crippen molar-refractivity contribution in [3.63, 3.8) is 0 Å². The number of carbonyl (C=O) groups excluding carboxylic acids is 1. The van der Waals surface area contributed by atoms with Crippen molar-refractivity contribution in [2.24, 2.45) is 0 Å². The van der Waals surface area contributed by atoms with E-state index in [1.807, 2.05) is 46.8 Å².